The average Bonchev–Trinajstić information content (AvgIpc) is 2.80. The number of aryl methyl sites for hydroxylation is 1. The summed E-state index contributed by atoms with van der Waals surface area (Å²) < 4.78 is 14.2. The summed E-state index contributed by atoms with van der Waals surface area (Å²) >= 11 is 0. The number of hydrogen-bond acceptors (Lipinski definition) is 2. The molecule has 0 N–H and O–H groups in total. The molecule has 0 unspecified atom stereocenters. The predicted molar refractivity (Wildman–Crippen MR) is 121 cm³/mol. The maximum Gasteiger partial charge on any atom is 0.230 e. The number of rotatable bonds is 5. The summed E-state index contributed by atoms with van der Waals surface area (Å²) in [5.74, 6) is 0. The lowest BCUT2D eigenvalue weighted by atomic mass is 10.00. The van der Waals surface area contributed by atoms with Gasteiger partial charge in [0.2, 0.25) is 12.7 Å². The van der Waals surface area contributed by atoms with Crippen LogP contribution in [0.15, 0.2) is 109 Å². The molecule has 0 radical (unpaired) electrons. The molecule has 0 heterocycles. The van der Waals surface area contributed by atoms with Gasteiger partial charge in [-0.3, -0.25) is 4.79 Å². The SMILES string of the molecule is Cc1ccccc1-c1ccc(C(=O)P(=O)(c2ccccc2)c2ccccc2)cc1. The molecule has 4 aromatic carbocycles. The molecule has 0 bridgehead atoms. The lowest BCUT2D eigenvalue weighted by Gasteiger charge is -2.18. The first kappa shape index (κ1) is 19.1. The molecule has 0 aliphatic carbocycles. The molecule has 0 spiro atoms. The van der Waals surface area contributed by atoms with Gasteiger partial charge in [0.25, 0.3) is 0 Å². The molecular formula is C26H21O2P. The quantitative estimate of drug-likeness (QED) is 0.399. The van der Waals surface area contributed by atoms with Gasteiger partial charge in [0.15, 0.2) is 0 Å². The van der Waals surface area contributed by atoms with Gasteiger partial charge in [0.1, 0.15) is 0 Å². The van der Waals surface area contributed by atoms with Crippen LogP contribution in [0.1, 0.15) is 15.9 Å². The normalized spacial score (nSPS) is 11.2. The van der Waals surface area contributed by atoms with Crippen molar-refractivity contribution in [2.24, 2.45) is 0 Å². The standard InChI is InChI=1S/C26H21O2P/c1-20-10-8-9-15-25(20)21-16-18-22(19-17-21)26(27)29(28,23-11-4-2-5-12-23)24-13-6-3-7-14-24/h2-19H,1H3. The van der Waals surface area contributed by atoms with Crippen LogP contribution in [0.2, 0.25) is 0 Å². The maximum atomic E-state index is 14.2. The second kappa shape index (κ2) is 8.03. The minimum absolute atomic E-state index is 0.341. The van der Waals surface area contributed by atoms with Crippen molar-refractivity contribution in [2.45, 2.75) is 6.92 Å². The van der Waals surface area contributed by atoms with Gasteiger partial charge in [-0.1, -0.05) is 109 Å². The molecule has 0 aromatic heterocycles. The second-order valence-corrected chi connectivity index (χ2v) is 9.64. The summed E-state index contributed by atoms with van der Waals surface area (Å²) in [6.07, 6.45) is 0. The smallest absolute Gasteiger partial charge is 0.230 e. The zero-order valence-corrected chi connectivity index (χ0v) is 17.1. The van der Waals surface area contributed by atoms with E-state index in [9.17, 15) is 9.36 Å². The van der Waals surface area contributed by atoms with Crippen molar-refractivity contribution in [2.75, 3.05) is 0 Å². The van der Waals surface area contributed by atoms with Crippen LogP contribution in [0, 0.1) is 6.92 Å². The van der Waals surface area contributed by atoms with E-state index in [1.54, 1.807) is 36.4 Å². The molecule has 0 saturated heterocycles. The highest BCUT2D eigenvalue weighted by Gasteiger charge is 2.36. The van der Waals surface area contributed by atoms with Crippen molar-refractivity contribution in [1.29, 1.82) is 0 Å². The molecule has 0 amide bonds. The van der Waals surface area contributed by atoms with Crippen molar-refractivity contribution < 1.29 is 9.36 Å². The largest absolute Gasteiger partial charge is 0.305 e. The molecule has 0 fully saturated rings. The Hall–Kier alpha value is -3.22. The van der Waals surface area contributed by atoms with Crippen LogP contribution in [0.3, 0.4) is 0 Å². The van der Waals surface area contributed by atoms with Crippen LogP contribution in [-0.2, 0) is 4.57 Å². The third-order valence-electron chi connectivity index (χ3n) is 5.11. The topological polar surface area (TPSA) is 34.1 Å². The van der Waals surface area contributed by atoms with Crippen molar-refractivity contribution >= 4 is 23.3 Å². The molecule has 142 valence electrons. The molecular weight excluding hydrogens is 375 g/mol. The fourth-order valence-electron chi connectivity index (χ4n) is 3.53. The van der Waals surface area contributed by atoms with Crippen molar-refractivity contribution in [1.82, 2.24) is 0 Å². The summed E-state index contributed by atoms with van der Waals surface area (Å²) in [6.45, 7) is 2.06. The minimum Gasteiger partial charge on any atom is -0.305 e. The van der Waals surface area contributed by atoms with E-state index in [-0.39, 0.29) is 5.52 Å². The third kappa shape index (κ3) is 3.60. The summed E-state index contributed by atoms with van der Waals surface area (Å²) in [5.41, 5.74) is 3.45. The van der Waals surface area contributed by atoms with Gasteiger partial charge in [0.05, 0.1) is 0 Å². The Kier molecular flexibility index (Phi) is 5.29. The molecule has 4 aromatic rings. The monoisotopic (exact) mass is 396 g/mol. The molecule has 4 rings (SSSR count). The first-order valence-corrected chi connectivity index (χ1v) is 11.2. The summed E-state index contributed by atoms with van der Waals surface area (Å²) in [4.78, 5) is 13.5. The van der Waals surface area contributed by atoms with Crippen molar-refractivity contribution in [3.63, 3.8) is 0 Å². The molecule has 0 aliphatic heterocycles. The lowest BCUT2D eigenvalue weighted by molar-refractivity contribution is 0.107. The van der Waals surface area contributed by atoms with E-state index in [0.717, 1.165) is 11.1 Å². The van der Waals surface area contributed by atoms with E-state index in [2.05, 4.69) is 19.1 Å². The molecule has 0 atom stereocenters. The fraction of sp³-hybridized carbons (Fsp3) is 0.0385. The number of carbonyl (C=O) groups is 1. The second-order valence-electron chi connectivity index (χ2n) is 6.98. The summed E-state index contributed by atoms with van der Waals surface area (Å²) in [6, 6.07) is 33.6. The number of hydrogen-bond donors (Lipinski definition) is 0. The van der Waals surface area contributed by atoms with E-state index in [4.69, 9.17) is 0 Å². The first-order chi connectivity index (χ1) is 14.1. The van der Waals surface area contributed by atoms with Gasteiger partial charge in [-0.2, -0.15) is 0 Å². The Labute approximate surface area is 171 Å². The average molecular weight is 396 g/mol. The predicted octanol–water partition coefficient (Wildman–Crippen LogP) is 5.82. The summed E-state index contributed by atoms with van der Waals surface area (Å²) in [7, 11) is -3.47. The zero-order valence-electron chi connectivity index (χ0n) is 16.2. The van der Waals surface area contributed by atoms with Crippen LogP contribution in [0.4, 0.5) is 0 Å². The van der Waals surface area contributed by atoms with Crippen molar-refractivity contribution in [3.05, 3.63) is 120 Å². The van der Waals surface area contributed by atoms with Crippen LogP contribution >= 0.6 is 7.14 Å². The van der Waals surface area contributed by atoms with E-state index in [1.807, 2.05) is 60.7 Å². The highest BCUT2D eigenvalue weighted by Crippen LogP contribution is 2.46. The van der Waals surface area contributed by atoms with Gasteiger partial charge < -0.3 is 4.57 Å². The van der Waals surface area contributed by atoms with E-state index < -0.39 is 7.14 Å². The van der Waals surface area contributed by atoms with E-state index in [0.29, 0.717) is 16.2 Å². The maximum absolute atomic E-state index is 14.2. The Bertz CT molecular complexity index is 1140. The molecule has 2 nitrogen and oxygen atoms in total. The Balaban J connectivity index is 1.78. The van der Waals surface area contributed by atoms with Crippen LogP contribution in [0.25, 0.3) is 11.1 Å². The molecule has 29 heavy (non-hydrogen) atoms. The first-order valence-electron chi connectivity index (χ1n) is 9.53. The van der Waals surface area contributed by atoms with Crippen LogP contribution in [0.5, 0.6) is 0 Å². The number of carbonyl (C=O) groups excluding carboxylic acids is 1. The van der Waals surface area contributed by atoms with Crippen LogP contribution < -0.4 is 10.6 Å². The third-order valence-corrected chi connectivity index (χ3v) is 7.99. The van der Waals surface area contributed by atoms with E-state index >= 15 is 0 Å². The minimum atomic E-state index is -3.47. The van der Waals surface area contributed by atoms with Crippen molar-refractivity contribution in [3.8, 4) is 11.1 Å². The molecule has 0 saturated carbocycles. The highest BCUT2D eigenvalue weighted by atomic mass is 31.2. The van der Waals surface area contributed by atoms with E-state index in [1.165, 1.54) is 5.56 Å². The van der Waals surface area contributed by atoms with Gasteiger partial charge >= 0.3 is 0 Å². The Morgan fingerprint density at radius 3 is 1.62 bits per heavy atom. The Morgan fingerprint density at radius 1 is 0.621 bits per heavy atom. The fourth-order valence-corrected chi connectivity index (χ4v) is 5.99. The highest BCUT2D eigenvalue weighted by molar-refractivity contribution is 7.93. The van der Waals surface area contributed by atoms with Gasteiger partial charge in [-0.05, 0) is 23.6 Å². The van der Waals surface area contributed by atoms with Gasteiger partial charge in [-0.25, -0.2) is 0 Å². The lowest BCUT2D eigenvalue weighted by Crippen LogP contribution is -2.22. The zero-order chi connectivity index (χ0) is 20.3. The molecule has 3 heteroatoms. The summed E-state index contributed by atoms with van der Waals surface area (Å²) in [5, 5.41) is 1.11. The molecule has 0 aliphatic rings. The van der Waals surface area contributed by atoms with Gasteiger partial charge in [-0.15, -0.1) is 0 Å². The van der Waals surface area contributed by atoms with Gasteiger partial charge in [0, 0.05) is 16.2 Å². The number of benzene rings is 4. The Morgan fingerprint density at radius 2 is 1.10 bits per heavy atom. The van der Waals surface area contributed by atoms with Crippen LogP contribution in [-0.4, -0.2) is 5.52 Å².